The number of rotatable bonds is 5. The third-order valence-corrected chi connectivity index (χ3v) is 7.03. The Balaban J connectivity index is 1.37. The molecule has 3 amide bonds. The standard InChI is InChI=1S/C26H29ClFN3O3/c27-21-8-2-1-7-20(21)26(34)31-15-5-6-18(16-31)25(33)30-23-10-4-3-9-22(23)29-24(32)17-11-13-19(28)14-12-17/h1-2,7-8,11-14,18,22-23H,3-6,9-10,15-16H2,(H,29,32)(H,30,33)/t18?,22-,23?/m1/s1. The van der Waals surface area contributed by atoms with E-state index >= 15 is 0 Å². The van der Waals surface area contributed by atoms with Crippen molar-refractivity contribution in [2.75, 3.05) is 13.1 Å². The molecule has 0 radical (unpaired) electrons. The molecule has 2 unspecified atom stereocenters. The van der Waals surface area contributed by atoms with Crippen LogP contribution < -0.4 is 10.6 Å². The highest BCUT2D eigenvalue weighted by Crippen LogP contribution is 2.24. The Morgan fingerprint density at radius 2 is 1.56 bits per heavy atom. The number of likely N-dealkylation sites (tertiary alicyclic amines) is 1. The smallest absolute Gasteiger partial charge is 0.255 e. The number of carbonyl (C=O) groups excluding carboxylic acids is 3. The summed E-state index contributed by atoms with van der Waals surface area (Å²) in [6.45, 7) is 0.933. The molecule has 180 valence electrons. The van der Waals surface area contributed by atoms with Gasteiger partial charge in [-0.05, 0) is 62.1 Å². The van der Waals surface area contributed by atoms with E-state index < -0.39 is 5.82 Å². The molecule has 4 rings (SSSR count). The highest BCUT2D eigenvalue weighted by Gasteiger charge is 2.33. The van der Waals surface area contributed by atoms with Gasteiger partial charge >= 0.3 is 0 Å². The summed E-state index contributed by atoms with van der Waals surface area (Å²) in [6.07, 6.45) is 4.91. The summed E-state index contributed by atoms with van der Waals surface area (Å²) in [4.78, 5) is 40.4. The molecule has 1 saturated carbocycles. The van der Waals surface area contributed by atoms with Crippen LogP contribution in [0.4, 0.5) is 4.39 Å². The first-order chi connectivity index (χ1) is 16.4. The van der Waals surface area contributed by atoms with Crippen LogP contribution in [0.15, 0.2) is 48.5 Å². The second-order valence-corrected chi connectivity index (χ2v) is 9.46. The molecule has 3 atom stereocenters. The van der Waals surface area contributed by atoms with Gasteiger partial charge < -0.3 is 15.5 Å². The summed E-state index contributed by atoms with van der Waals surface area (Å²) < 4.78 is 13.2. The van der Waals surface area contributed by atoms with Gasteiger partial charge in [0.25, 0.3) is 11.8 Å². The van der Waals surface area contributed by atoms with Gasteiger partial charge in [-0.1, -0.05) is 36.6 Å². The lowest BCUT2D eigenvalue weighted by molar-refractivity contribution is -0.127. The molecule has 1 saturated heterocycles. The Hall–Kier alpha value is -2.93. The molecule has 2 fully saturated rings. The summed E-state index contributed by atoms with van der Waals surface area (Å²) in [5.41, 5.74) is 0.833. The van der Waals surface area contributed by atoms with Crippen molar-refractivity contribution in [3.63, 3.8) is 0 Å². The summed E-state index contributed by atoms with van der Waals surface area (Å²) in [7, 11) is 0. The molecule has 1 aliphatic carbocycles. The third-order valence-electron chi connectivity index (χ3n) is 6.70. The fourth-order valence-corrected chi connectivity index (χ4v) is 5.03. The Kier molecular flexibility index (Phi) is 7.83. The zero-order valence-electron chi connectivity index (χ0n) is 18.9. The van der Waals surface area contributed by atoms with E-state index in [-0.39, 0.29) is 35.7 Å². The van der Waals surface area contributed by atoms with E-state index in [1.54, 1.807) is 29.2 Å². The quantitative estimate of drug-likeness (QED) is 0.666. The van der Waals surface area contributed by atoms with E-state index in [0.717, 1.165) is 32.1 Å². The molecule has 2 aromatic rings. The number of halogens is 2. The van der Waals surface area contributed by atoms with Crippen molar-refractivity contribution in [2.24, 2.45) is 5.92 Å². The molecule has 0 spiro atoms. The molecular formula is C26H29ClFN3O3. The van der Waals surface area contributed by atoms with Crippen LogP contribution in [0.25, 0.3) is 0 Å². The number of nitrogens with zero attached hydrogens (tertiary/aromatic N) is 1. The molecule has 2 aliphatic rings. The van der Waals surface area contributed by atoms with Gasteiger partial charge in [-0.2, -0.15) is 0 Å². The molecule has 0 aromatic heterocycles. The predicted molar refractivity (Wildman–Crippen MR) is 128 cm³/mol. The zero-order chi connectivity index (χ0) is 24.1. The van der Waals surface area contributed by atoms with Gasteiger partial charge in [0.1, 0.15) is 5.82 Å². The maximum atomic E-state index is 13.2. The van der Waals surface area contributed by atoms with Crippen molar-refractivity contribution in [3.05, 3.63) is 70.5 Å². The van der Waals surface area contributed by atoms with E-state index in [4.69, 9.17) is 11.6 Å². The van der Waals surface area contributed by atoms with Crippen LogP contribution in [-0.4, -0.2) is 47.8 Å². The van der Waals surface area contributed by atoms with Crippen LogP contribution in [0.3, 0.4) is 0 Å². The number of hydrogen-bond acceptors (Lipinski definition) is 3. The van der Waals surface area contributed by atoms with Crippen molar-refractivity contribution >= 4 is 29.3 Å². The average molecular weight is 486 g/mol. The Labute approximate surface area is 203 Å². The molecule has 0 bridgehead atoms. The Morgan fingerprint density at radius 1 is 0.882 bits per heavy atom. The second-order valence-electron chi connectivity index (χ2n) is 9.06. The van der Waals surface area contributed by atoms with Crippen LogP contribution in [-0.2, 0) is 4.79 Å². The van der Waals surface area contributed by atoms with E-state index in [1.165, 1.54) is 24.3 Å². The van der Waals surface area contributed by atoms with Gasteiger partial charge in [-0.25, -0.2) is 4.39 Å². The van der Waals surface area contributed by atoms with Crippen molar-refractivity contribution in [3.8, 4) is 0 Å². The lowest BCUT2D eigenvalue weighted by Gasteiger charge is -2.36. The highest BCUT2D eigenvalue weighted by molar-refractivity contribution is 6.33. The van der Waals surface area contributed by atoms with Crippen molar-refractivity contribution < 1.29 is 18.8 Å². The van der Waals surface area contributed by atoms with Crippen LogP contribution in [0.5, 0.6) is 0 Å². The van der Waals surface area contributed by atoms with Crippen LogP contribution >= 0.6 is 11.6 Å². The van der Waals surface area contributed by atoms with Crippen LogP contribution in [0, 0.1) is 11.7 Å². The fourth-order valence-electron chi connectivity index (χ4n) is 4.81. The maximum Gasteiger partial charge on any atom is 0.255 e. The molecule has 2 aromatic carbocycles. The van der Waals surface area contributed by atoms with E-state index in [0.29, 0.717) is 35.7 Å². The average Bonchev–Trinajstić information content (AvgIpc) is 2.85. The molecule has 34 heavy (non-hydrogen) atoms. The summed E-state index contributed by atoms with van der Waals surface area (Å²) in [5, 5.41) is 6.55. The largest absolute Gasteiger partial charge is 0.351 e. The maximum absolute atomic E-state index is 13.2. The van der Waals surface area contributed by atoms with Gasteiger partial charge in [0.15, 0.2) is 0 Å². The number of carbonyl (C=O) groups is 3. The molecular weight excluding hydrogens is 457 g/mol. The van der Waals surface area contributed by atoms with Gasteiger partial charge in [0.05, 0.1) is 16.5 Å². The number of amides is 3. The van der Waals surface area contributed by atoms with Crippen molar-refractivity contribution in [2.45, 2.75) is 50.6 Å². The summed E-state index contributed by atoms with van der Waals surface area (Å²) >= 11 is 6.20. The molecule has 1 aliphatic heterocycles. The summed E-state index contributed by atoms with van der Waals surface area (Å²) in [5.74, 6) is -1.24. The minimum Gasteiger partial charge on any atom is -0.351 e. The minimum atomic E-state index is -0.395. The van der Waals surface area contributed by atoms with E-state index in [1.807, 2.05) is 0 Å². The minimum absolute atomic E-state index is 0.0930. The summed E-state index contributed by atoms with van der Waals surface area (Å²) in [6, 6.07) is 12.0. The Bertz CT molecular complexity index is 1050. The number of benzene rings is 2. The highest BCUT2D eigenvalue weighted by atomic mass is 35.5. The topological polar surface area (TPSA) is 78.5 Å². The number of hydrogen-bond donors (Lipinski definition) is 2. The normalized spacial score (nSPS) is 22.6. The second kappa shape index (κ2) is 11.0. The lowest BCUT2D eigenvalue weighted by atomic mass is 9.88. The molecule has 6 nitrogen and oxygen atoms in total. The first-order valence-electron chi connectivity index (χ1n) is 11.8. The van der Waals surface area contributed by atoms with Crippen LogP contribution in [0.2, 0.25) is 5.02 Å². The van der Waals surface area contributed by atoms with Gasteiger partial charge in [-0.3, -0.25) is 14.4 Å². The first kappa shape index (κ1) is 24.2. The van der Waals surface area contributed by atoms with Gasteiger partial charge in [0.2, 0.25) is 5.91 Å². The molecule has 8 heteroatoms. The first-order valence-corrected chi connectivity index (χ1v) is 12.2. The van der Waals surface area contributed by atoms with Crippen molar-refractivity contribution in [1.82, 2.24) is 15.5 Å². The van der Waals surface area contributed by atoms with Crippen molar-refractivity contribution in [1.29, 1.82) is 0 Å². The number of nitrogens with one attached hydrogen (secondary N) is 2. The Morgan fingerprint density at radius 3 is 2.26 bits per heavy atom. The molecule has 1 heterocycles. The van der Waals surface area contributed by atoms with Gasteiger partial charge in [0, 0.05) is 30.7 Å². The SMILES string of the molecule is O=C(N[C@@H]1CCCCC1NC(=O)C1CCCN(C(=O)c2ccccc2Cl)C1)c1ccc(F)cc1. The van der Waals surface area contributed by atoms with Crippen LogP contribution in [0.1, 0.15) is 59.2 Å². The van der Waals surface area contributed by atoms with E-state index in [2.05, 4.69) is 10.6 Å². The monoisotopic (exact) mass is 485 g/mol. The number of piperidine rings is 1. The third kappa shape index (κ3) is 5.76. The fraction of sp³-hybridized carbons (Fsp3) is 0.423. The predicted octanol–water partition coefficient (Wildman–Crippen LogP) is 4.19. The molecule has 2 N–H and O–H groups in total. The van der Waals surface area contributed by atoms with Gasteiger partial charge in [-0.15, -0.1) is 0 Å². The zero-order valence-corrected chi connectivity index (χ0v) is 19.7. The lowest BCUT2D eigenvalue weighted by Crippen LogP contribution is -2.55. The van der Waals surface area contributed by atoms with E-state index in [9.17, 15) is 18.8 Å².